The van der Waals surface area contributed by atoms with E-state index < -0.39 is 11.9 Å². The summed E-state index contributed by atoms with van der Waals surface area (Å²) in [6.07, 6.45) is 1.48. The maximum Gasteiger partial charge on any atom is 0.328 e. The van der Waals surface area contributed by atoms with E-state index >= 15 is 0 Å². The van der Waals surface area contributed by atoms with Crippen molar-refractivity contribution in [3.63, 3.8) is 0 Å². The van der Waals surface area contributed by atoms with Gasteiger partial charge in [0.1, 0.15) is 12.3 Å². The molecule has 1 aliphatic rings. The van der Waals surface area contributed by atoms with E-state index in [-0.39, 0.29) is 28.1 Å². The lowest BCUT2D eigenvalue weighted by Gasteiger charge is -2.12. The van der Waals surface area contributed by atoms with E-state index in [9.17, 15) is 9.59 Å². The minimum Gasteiger partial charge on any atom is -0.486 e. The minimum atomic E-state index is -0.500. The van der Waals surface area contributed by atoms with Gasteiger partial charge >= 0.3 is 6.03 Å². The Kier molecular flexibility index (Phi) is 5.36. The summed E-state index contributed by atoms with van der Waals surface area (Å²) >= 11 is 12.5. The van der Waals surface area contributed by atoms with E-state index in [1.165, 1.54) is 13.1 Å². The Morgan fingerprint density at radius 1 is 1.22 bits per heavy atom. The molecule has 3 rings (SSSR count). The molecule has 0 aromatic heterocycles. The van der Waals surface area contributed by atoms with Crippen molar-refractivity contribution in [3.8, 4) is 11.8 Å². The number of benzene rings is 2. The topological polar surface area (TPSA) is 82.4 Å². The summed E-state index contributed by atoms with van der Waals surface area (Å²) in [5.41, 5.74) is 1.88. The molecule has 6 nitrogen and oxygen atoms in total. The van der Waals surface area contributed by atoms with E-state index in [0.717, 1.165) is 4.90 Å². The van der Waals surface area contributed by atoms with Crippen molar-refractivity contribution in [2.75, 3.05) is 7.05 Å². The number of rotatable bonds is 4. The second-order valence-electron chi connectivity index (χ2n) is 5.72. The molecule has 0 bridgehead atoms. The fourth-order valence-corrected chi connectivity index (χ4v) is 3.11. The van der Waals surface area contributed by atoms with E-state index in [0.29, 0.717) is 16.7 Å². The first-order valence-corrected chi connectivity index (χ1v) is 8.57. The average molecular weight is 402 g/mol. The van der Waals surface area contributed by atoms with Crippen LogP contribution in [0.15, 0.2) is 42.1 Å². The summed E-state index contributed by atoms with van der Waals surface area (Å²) in [5.74, 6) is -0.173. The lowest BCUT2D eigenvalue weighted by atomic mass is 10.1. The van der Waals surface area contributed by atoms with Crippen LogP contribution in [0.25, 0.3) is 6.08 Å². The second kappa shape index (κ2) is 7.70. The smallest absolute Gasteiger partial charge is 0.328 e. The largest absolute Gasteiger partial charge is 0.486 e. The van der Waals surface area contributed by atoms with Crippen LogP contribution in [0, 0.1) is 11.3 Å². The highest BCUT2D eigenvalue weighted by molar-refractivity contribution is 6.37. The maximum absolute atomic E-state index is 11.9. The Morgan fingerprint density at radius 2 is 1.89 bits per heavy atom. The van der Waals surface area contributed by atoms with Gasteiger partial charge in [0.05, 0.1) is 21.7 Å². The van der Waals surface area contributed by atoms with Crippen molar-refractivity contribution in [1.82, 2.24) is 10.2 Å². The fraction of sp³-hybridized carbons (Fsp3) is 0.105. The van der Waals surface area contributed by atoms with E-state index in [1.807, 2.05) is 6.07 Å². The number of urea groups is 1. The Bertz CT molecular complexity index is 988. The third-order valence-corrected chi connectivity index (χ3v) is 4.48. The predicted molar refractivity (Wildman–Crippen MR) is 101 cm³/mol. The first kappa shape index (κ1) is 18.8. The van der Waals surface area contributed by atoms with E-state index in [1.54, 1.807) is 30.3 Å². The lowest BCUT2D eigenvalue weighted by molar-refractivity contribution is -0.121. The second-order valence-corrected chi connectivity index (χ2v) is 6.54. The van der Waals surface area contributed by atoms with Gasteiger partial charge < -0.3 is 10.1 Å². The van der Waals surface area contributed by atoms with Gasteiger partial charge in [0.25, 0.3) is 5.91 Å². The van der Waals surface area contributed by atoms with Gasteiger partial charge in [-0.1, -0.05) is 41.4 Å². The van der Waals surface area contributed by atoms with Crippen molar-refractivity contribution < 1.29 is 14.3 Å². The number of ether oxygens (including phenoxy) is 1. The molecule has 2 aromatic rings. The SMILES string of the molecule is CN1C(=O)N/C(=C/c2cc(Cl)c(OCc3ccccc3C#N)c(Cl)c2)C1=O. The molecule has 0 radical (unpaired) electrons. The zero-order valence-corrected chi connectivity index (χ0v) is 15.6. The molecule has 1 N–H and O–H groups in total. The number of imide groups is 1. The molecule has 0 spiro atoms. The molecule has 0 aliphatic carbocycles. The van der Waals surface area contributed by atoms with Gasteiger partial charge in [0, 0.05) is 12.6 Å². The summed E-state index contributed by atoms with van der Waals surface area (Å²) in [6, 6.07) is 11.8. The molecule has 27 heavy (non-hydrogen) atoms. The molecular formula is C19H13Cl2N3O3. The van der Waals surface area contributed by atoms with Crippen molar-refractivity contribution in [3.05, 3.63) is 68.8 Å². The molecule has 1 fully saturated rings. The molecular weight excluding hydrogens is 389 g/mol. The van der Waals surface area contributed by atoms with Gasteiger partial charge in [-0.2, -0.15) is 5.26 Å². The van der Waals surface area contributed by atoms with Gasteiger partial charge in [0.2, 0.25) is 0 Å². The number of carbonyl (C=O) groups is 2. The van der Waals surface area contributed by atoms with E-state index in [4.69, 9.17) is 33.2 Å². The first-order valence-electron chi connectivity index (χ1n) is 7.81. The number of carbonyl (C=O) groups excluding carboxylic acids is 2. The monoisotopic (exact) mass is 401 g/mol. The Hall–Kier alpha value is -3.01. The number of amides is 3. The van der Waals surface area contributed by atoms with Gasteiger partial charge in [-0.25, -0.2) is 4.79 Å². The van der Waals surface area contributed by atoms with Crippen molar-refractivity contribution >= 4 is 41.2 Å². The van der Waals surface area contributed by atoms with Crippen LogP contribution in [0.4, 0.5) is 4.79 Å². The summed E-state index contributed by atoms with van der Waals surface area (Å²) in [7, 11) is 1.38. The van der Waals surface area contributed by atoms with Crippen LogP contribution >= 0.6 is 23.2 Å². The maximum atomic E-state index is 11.9. The van der Waals surface area contributed by atoms with Crippen LogP contribution in [0.3, 0.4) is 0 Å². The predicted octanol–water partition coefficient (Wildman–Crippen LogP) is 3.97. The van der Waals surface area contributed by atoms with Crippen molar-refractivity contribution in [2.45, 2.75) is 6.61 Å². The molecule has 3 amide bonds. The molecule has 1 saturated heterocycles. The number of halogens is 2. The minimum absolute atomic E-state index is 0.128. The van der Waals surface area contributed by atoms with E-state index in [2.05, 4.69) is 11.4 Å². The zero-order chi connectivity index (χ0) is 19.6. The van der Waals surface area contributed by atoms with Crippen molar-refractivity contribution in [1.29, 1.82) is 5.26 Å². The molecule has 0 saturated carbocycles. The molecule has 0 unspecified atom stereocenters. The van der Waals surface area contributed by atoms with Crippen LogP contribution in [-0.4, -0.2) is 23.9 Å². The molecule has 0 atom stereocenters. The third kappa shape index (κ3) is 3.90. The summed E-state index contributed by atoms with van der Waals surface area (Å²) < 4.78 is 5.70. The Labute approximate surface area is 165 Å². The van der Waals surface area contributed by atoms with Crippen molar-refractivity contribution in [2.24, 2.45) is 0 Å². The number of likely N-dealkylation sites (N-methyl/N-ethyl adjacent to an activating group) is 1. The van der Waals surface area contributed by atoms with Crippen LogP contribution in [0.5, 0.6) is 5.75 Å². The average Bonchev–Trinajstić information content (AvgIpc) is 2.88. The Morgan fingerprint density at radius 3 is 2.48 bits per heavy atom. The highest BCUT2D eigenvalue weighted by Gasteiger charge is 2.30. The molecule has 2 aromatic carbocycles. The number of nitrogens with one attached hydrogen (secondary N) is 1. The normalized spacial score (nSPS) is 15.0. The van der Waals surface area contributed by atoms with Gasteiger partial charge in [0.15, 0.2) is 5.75 Å². The summed E-state index contributed by atoms with van der Waals surface area (Å²) in [4.78, 5) is 24.4. The van der Waals surface area contributed by atoms with Crippen LogP contribution in [-0.2, 0) is 11.4 Å². The van der Waals surface area contributed by atoms with Gasteiger partial charge in [-0.15, -0.1) is 0 Å². The summed E-state index contributed by atoms with van der Waals surface area (Å²) in [5, 5.41) is 12.1. The highest BCUT2D eigenvalue weighted by atomic mass is 35.5. The van der Waals surface area contributed by atoms with Crippen LogP contribution < -0.4 is 10.1 Å². The molecule has 136 valence electrons. The molecule has 1 aliphatic heterocycles. The zero-order valence-electron chi connectivity index (χ0n) is 14.1. The highest BCUT2D eigenvalue weighted by Crippen LogP contribution is 2.35. The lowest BCUT2D eigenvalue weighted by Crippen LogP contribution is -2.25. The summed E-state index contributed by atoms with van der Waals surface area (Å²) in [6.45, 7) is 0.128. The standard InChI is InChI=1S/C19H13Cl2N3O3/c1-24-18(25)16(23-19(24)26)8-11-6-14(20)17(15(21)7-11)27-10-13-5-3-2-4-12(13)9-22/h2-8H,10H2,1H3,(H,23,26)/b16-8+. The number of hydrogen-bond acceptors (Lipinski definition) is 4. The number of hydrogen-bond donors (Lipinski definition) is 1. The van der Waals surface area contributed by atoms with Crippen LogP contribution in [0.2, 0.25) is 10.0 Å². The molecule has 8 heteroatoms. The third-order valence-electron chi connectivity index (χ3n) is 3.92. The number of nitriles is 1. The quantitative estimate of drug-likeness (QED) is 0.620. The van der Waals surface area contributed by atoms with Gasteiger partial charge in [-0.3, -0.25) is 9.69 Å². The number of nitrogens with zero attached hydrogens (tertiary/aromatic N) is 2. The Balaban J connectivity index is 1.83. The molecule has 1 heterocycles. The van der Waals surface area contributed by atoms with Crippen LogP contribution in [0.1, 0.15) is 16.7 Å². The van der Waals surface area contributed by atoms with Gasteiger partial charge in [-0.05, 0) is 29.8 Å². The first-order chi connectivity index (χ1) is 12.9. The fourth-order valence-electron chi connectivity index (χ4n) is 2.50.